The first kappa shape index (κ1) is 12.1. The van der Waals surface area contributed by atoms with Crippen LogP contribution < -0.4 is 5.32 Å². The maximum Gasteiger partial charge on any atom is 0.178 e. The minimum atomic E-state index is 0.474. The molecular formula is C15H21N5. The third-order valence-corrected chi connectivity index (χ3v) is 4.33. The standard InChI is InChI=1S/C15H21N5/c1-10(2-3-11-4-5-11)16-13-8-9-14-17-18-15(12-6-7-12)20(14)19-13/h8-12H,2-7H2,1H3,(H,16,19). The van der Waals surface area contributed by atoms with Gasteiger partial charge in [0.15, 0.2) is 11.5 Å². The van der Waals surface area contributed by atoms with Gasteiger partial charge in [0.05, 0.1) is 0 Å². The van der Waals surface area contributed by atoms with Crippen LogP contribution in [0.4, 0.5) is 5.82 Å². The first-order valence-corrected chi connectivity index (χ1v) is 7.78. The molecule has 1 unspecified atom stereocenters. The Bertz CT molecular complexity index is 612. The largest absolute Gasteiger partial charge is 0.366 e. The first-order valence-electron chi connectivity index (χ1n) is 7.78. The Morgan fingerprint density at radius 2 is 2.10 bits per heavy atom. The van der Waals surface area contributed by atoms with Crippen molar-refractivity contribution in [2.45, 2.75) is 57.4 Å². The van der Waals surface area contributed by atoms with Crippen molar-refractivity contribution in [3.63, 3.8) is 0 Å². The molecule has 2 aliphatic rings. The highest BCUT2D eigenvalue weighted by Crippen LogP contribution is 2.38. The molecule has 0 amide bonds. The van der Waals surface area contributed by atoms with Crippen LogP contribution in [-0.2, 0) is 0 Å². The lowest BCUT2D eigenvalue weighted by atomic mass is 10.1. The summed E-state index contributed by atoms with van der Waals surface area (Å²) in [4.78, 5) is 0. The van der Waals surface area contributed by atoms with Crippen LogP contribution in [-0.4, -0.2) is 25.9 Å². The van der Waals surface area contributed by atoms with Gasteiger partial charge in [-0.15, -0.1) is 15.3 Å². The molecule has 0 saturated heterocycles. The molecule has 1 atom stereocenters. The predicted molar refractivity (Wildman–Crippen MR) is 77.8 cm³/mol. The van der Waals surface area contributed by atoms with Crippen LogP contribution in [0.2, 0.25) is 0 Å². The molecule has 2 heterocycles. The van der Waals surface area contributed by atoms with Crippen molar-refractivity contribution in [3.05, 3.63) is 18.0 Å². The third kappa shape index (κ3) is 2.49. The topological polar surface area (TPSA) is 55.1 Å². The molecule has 0 radical (unpaired) electrons. The van der Waals surface area contributed by atoms with Crippen LogP contribution in [0.5, 0.6) is 0 Å². The lowest BCUT2D eigenvalue weighted by Gasteiger charge is -2.14. The van der Waals surface area contributed by atoms with Gasteiger partial charge >= 0.3 is 0 Å². The highest BCUT2D eigenvalue weighted by molar-refractivity contribution is 5.44. The number of hydrogen-bond donors (Lipinski definition) is 1. The van der Waals surface area contributed by atoms with Gasteiger partial charge in [-0.3, -0.25) is 0 Å². The Kier molecular flexibility index (Phi) is 2.86. The van der Waals surface area contributed by atoms with E-state index in [0.717, 1.165) is 23.2 Å². The van der Waals surface area contributed by atoms with E-state index in [9.17, 15) is 0 Å². The molecule has 2 aliphatic carbocycles. The zero-order valence-corrected chi connectivity index (χ0v) is 11.9. The summed E-state index contributed by atoms with van der Waals surface area (Å²) in [5, 5.41) is 16.6. The zero-order chi connectivity index (χ0) is 13.5. The van der Waals surface area contributed by atoms with Gasteiger partial charge in [0.1, 0.15) is 5.82 Å². The summed E-state index contributed by atoms with van der Waals surface area (Å²) in [7, 11) is 0. The van der Waals surface area contributed by atoms with Crippen molar-refractivity contribution in [2.75, 3.05) is 5.32 Å². The van der Waals surface area contributed by atoms with E-state index in [1.807, 2.05) is 16.6 Å². The van der Waals surface area contributed by atoms with Crippen LogP contribution in [0.3, 0.4) is 0 Å². The van der Waals surface area contributed by atoms with Crippen molar-refractivity contribution in [3.8, 4) is 0 Å². The molecule has 0 aliphatic heterocycles. The van der Waals surface area contributed by atoms with Crippen molar-refractivity contribution in [2.24, 2.45) is 5.92 Å². The van der Waals surface area contributed by atoms with Crippen molar-refractivity contribution in [1.29, 1.82) is 0 Å². The maximum absolute atomic E-state index is 4.66. The fourth-order valence-corrected chi connectivity index (χ4v) is 2.70. The highest BCUT2D eigenvalue weighted by atomic mass is 15.4. The quantitative estimate of drug-likeness (QED) is 0.877. The Hall–Kier alpha value is -1.65. The van der Waals surface area contributed by atoms with E-state index >= 15 is 0 Å². The van der Waals surface area contributed by atoms with Gasteiger partial charge in [-0.25, -0.2) is 0 Å². The van der Waals surface area contributed by atoms with E-state index in [2.05, 4.69) is 27.5 Å². The predicted octanol–water partition coefficient (Wildman–Crippen LogP) is 2.99. The summed E-state index contributed by atoms with van der Waals surface area (Å²) < 4.78 is 1.91. The third-order valence-electron chi connectivity index (χ3n) is 4.33. The van der Waals surface area contributed by atoms with E-state index < -0.39 is 0 Å². The highest BCUT2D eigenvalue weighted by Gasteiger charge is 2.29. The molecule has 0 aromatic carbocycles. The van der Waals surface area contributed by atoms with Crippen LogP contribution in [0.1, 0.15) is 57.2 Å². The molecule has 0 spiro atoms. The molecule has 5 nitrogen and oxygen atoms in total. The molecule has 20 heavy (non-hydrogen) atoms. The molecule has 0 bridgehead atoms. The zero-order valence-electron chi connectivity index (χ0n) is 11.9. The van der Waals surface area contributed by atoms with Gasteiger partial charge in [0, 0.05) is 12.0 Å². The Morgan fingerprint density at radius 3 is 2.85 bits per heavy atom. The molecule has 1 N–H and O–H groups in total. The smallest absolute Gasteiger partial charge is 0.178 e. The Morgan fingerprint density at radius 1 is 1.25 bits per heavy atom. The summed E-state index contributed by atoms with van der Waals surface area (Å²) in [6.07, 6.45) is 7.87. The number of hydrogen-bond acceptors (Lipinski definition) is 4. The number of anilines is 1. The summed E-state index contributed by atoms with van der Waals surface area (Å²) in [5.74, 6) is 3.52. The fourth-order valence-electron chi connectivity index (χ4n) is 2.70. The summed E-state index contributed by atoms with van der Waals surface area (Å²) in [6, 6.07) is 4.48. The fraction of sp³-hybridized carbons (Fsp3) is 0.667. The average Bonchev–Trinajstić information content (AvgIpc) is 3.35. The van der Waals surface area contributed by atoms with Gasteiger partial charge in [-0.1, -0.05) is 12.8 Å². The van der Waals surface area contributed by atoms with Gasteiger partial charge < -0.3 is 5.32 Å². The lowest BCUT2D eigenvalue weighted by Crippen LogP contribution is -2.17. The van der Waals surface area contributed by atoms with E-state index in [-0.39, 0.29) is 0 Å². The van der Waals surface area contributed by atoms with Crippen LogP contribution >= 0.6 is 0 Å². The summed E-state index contributed by atoms with van der Waals surface area (Å²) in [5.41, 5.74) is 0.850. The van der Waals surface area contributed by atoms with E-state index in [0.29, 0.717) is 12.0 Å². The van der Waals surface area contributed by atoms with Crippen LogP contribution in [0, 0.1) is 5.92 Å². The SMILES string of the molecule is CC(CCC1CC1)Nc1ccc2nnc(C3CC3)n2n1. The van der Waals surface area contributed by atoms with E-state index in [4.69, 9.17) is 0 Å². The average molecular weight is 271 g/mol. The van der Waals surface area contributed by atoms with Crippen molar-refractivity contribution >= 4 is 11.5 Å². The van der Waals surface area contributed by atoms with Gasteiger partial charge in [-0.2, -0.15) is 4.52 Å². The minimum absolute atomic E-state index is 0.474. The molecule has 5 heteroatoms. The number of fused-ring (bicyclic) bond motifs is 1. The second kappa shape index (κ2) is 4.72. The first-order chi connectivity index (χ1) is 9.79. The molecule has 106 valence electrons. The maximum atomic E-state index is 4.66. The lowest BCUT2D eigenvalue weighted by molar-refractivity contribution is 0.607. The molecule has 4 rings (SSSR count). The monoisotopic (exact) mass is 271 g/mol. The molecule has 2 aromatic heterocycles. The van der Waals surface area contributed by atoms with Crippen LogP contribution in [0.25, 0.3) is 5.65 Å². The molecule has 2 saturated carbocycles. The van der Waals surface area contributed by atoms with Crippen molar-refractivity contribution < 1.29 is 0 Å². The number of aromatic nitrogens is 4. The normalized spacial score (nSPS) is 20.2. The van der Waals surface area contributed by atoms with Gasteiger partial charge in [0.2, 0.25) is 0 Å². The summed E-state index contributed by atoms with van der Waals surface area (Å²) in [6.45, 7) is 2.24. The van der Waals surface area contributed by atoms with Crippen molar-refractivity contribution in [1.82, 2.24) is 19.8 Å². The second-order valence-electron chi connectivity index (χ2n) is 6.39. The van der Waals surface area contributed by atoms with E-state index in [1.165, 1.54) is 38.5 Å². The Balaban J connectivity index is 1.48. The van der Waals surface area contributed by atoms with Gasteiger partial charge in [0.25, 0.3) is 0 Å². The summed E-state index contributed by atoms with van der Waals surface area (Å²) >= 11 is 0. The van der Waals surface area contributed by atoms with Gasteiger partial charge in [-0.05, 0) is 50.7 Å². The van der Waals surface area contributed by atoms with Crippen LogP contribution in [0.15, 0.2) is 12.1 Å². The van der Waals surface area contributed by atoms with E-state index in [1.54, 1.807) is 0 Å². The number of rotatable bonds is 6. The minimum Gasteiger partial charge on any atom is -0.366 e. The number of nitrogens with zero attached hydrogens (tertiary/aromatic N) is 4. The number of nitrogens with one attached hydrogen (secondary N) is 1. The molecule has 2 fully saturated rings. The second-order valence-corrected chi connectivity index (χ2v) is 6.39. The molecular weight excluding hydrogens is 250 g/mol. The Labute approximate surface area is 118 Å². The molecule has 2 aromatic rings.